The van der Waals surface area contributed by atoms with Crippen LogP contribution in [0.25, 0.3) is 0 Å². The van der Waals surface area contributed by atoms with Crippen molar-refractivity contribution in [2.45, 2.75) is 38.8 Å². The maximum atomic E-state index is 8.98. The predicted octanol–water partition coefficient (Wildman–Crippen LogP) is 2.47. The zero-order valence-electron chi connectivity index (χ0n) is 10.8. The van der Waals surface area contributed by atoms with Crippen LogP contribution in [0.2, 0.25) is 0 Å². The Labute approximate surface area is 112 Å². The number of nitrogens with one attached hydrogen (secondary N) is 1. The molecule has 1 rings (SSSR count). The van der Waals surface area contributed by atoms with Crippen molar-refractivity contribution in [1.82, 2.24) is 10.3 Å². The van der Waals surface area contributed by atoms with Gasteiger partial charge in [-0.2, -0.15) is 11.8 Å². The summed E-state index contributed by atoms with van der Waals surface area (Å²) in [4.78, 5) is 5.69. The molecule has 0 amide bonds. The molecule has 2 N–H and O–H groups in total. The fourth-order valence-corrected chi connectivity index (χ4v) is 3.08. The molecule has 0 aromatic carbocycles. The van der Waals surface area contributed by atoms with Gasteiger partial charge in [0.15, 0.2) is 0 Å². The van der Waals surface area contributed by atoms with Crippen LogP contribution >= 0.6 is 23.1 Å². The van der Waals surface area contributed by atoms with Gasteiger partial charge in [-0.15, -0.1) is 11.3 Å². The van der Waals surface area contributed by atoms with Crippen LogP contribution in [0.1, 0.15) is 36.1 Å². The van der Waals surface area contributed by atoms with Crippen molar-refractivity contribution in [1.29, 1.82) is 0 Å². The van der Waals surface area contributed by atoms with Gasteiger partial charge in [-0.25, -0.2) is 4.98 Å². The maximum Gasteiger partial charge on any atom is 0.0953 e. The highest BCUT2D eigenvalue weighted by Crippen LogP contribution is 2.21. The number of thioether (sulfide) groups is 1. The van der Waals surface area contributed by atoms with Gasteiger partial charge in [0.1, 0.15) is 0 Å². The molecule has 1 atom stereocenters. The Morgan fingerprint density at radius 1 is 1.53 bits per heavy atom. The smallest absolute Gasteiger partial charge is 0.0953 e. The summed E-state index contributed by atoms with van der Waals surface area (Å²) in [6, 6.07) is 0.389. The molecule has 0 aliphatic rings. The molecular weight excluding hydrogens is 252 g/mol. The zero-order chi connectivity index (χ0) is 12.7. The van der Waals surface area contributed by atoms with E-state index in [2.05, 4.69) is 30.4 Å². The molecule has 5 heteroatoms. The van der Waals surface area contributed by atoms with Crippen LogP contribution in [0.3, 0.4) is 0 Å². The van der Waals surface area contributed by atoms with Crippen LogP contribution in [-0.2, 0) is 6.54 Å². The third kappa shape index (κ3) is 5.38. The van der Waals surface area contributed by atoms with Crippen molar-refractivity contribution >= 4 is 23.1 Å². The van der Waals surface area contributed by atoms with E-state index < -0.39 is 0 Å². The summed E-state index contributed by atoms with van der Waals surface area (Å²) in [5, 5.41) is 13.7. The summed E-state index contributed by atoms with van der Waals surface area (Å²) in [6.45, 7) is 5.43. The van der Waals surface area contributed by atoms with Gasteiger partial charge >= 0.3 is 0 Å². The van der Waals surface area contributed by atoms with Crippen molar-refractivity contribution in [3.8, 4) is 0 Å². The highest BCUT2D eigenvalue weighted by Gasteiger charge is 2.09. The molecule has 0 aliphatic carbocycles. The second-order valence-corrected chi connectivity index (χ2v) is 6.42. The normalized spacial score (nSPS) is 13.2. The van der Waals surface area contributed by atoms with E-state index in [-0.39, 0.29) is 6.61 Å². The highest BCUT2D eigenvalue weighted by molar-refractivity contribution is 7.98. The van der Waals surface area contributed by atoms with Crippen molar-refractivity contribution in [3.63, 3.8) is 0 Å². The maximum absolute atomic E-state index is 8.98. The van der Waals surface area contributed by atoms with Crippen LogP contribution in [0.5, 0.6) is 0 Å². The third-order valence-corrected chi connectivity index (χ3v) is 4.51. The summed E-state index contributed by atoms with van der Waals surface area (Å²) < 4.78 is 0. The molecule has 1 heterocycles. The Morgan fingerprint density at radius 3 is 2.82 bits per heavy atom. The molecular formula is C12H22N2OS2. The van der Waals surface area contributed by atoms with Gasteiger partial charge in [0.25, 0.3) is 0 Å². The lowest BCUT2D eigenvalue weighted by Gasteiger charge is -2.15. The Bertz CT molecular complexity index is 309. The lowest BCUT2D eigenvalue weighted by Crippen LogP contribution is -2.31. The number of nitrogens with zero attached hydrogens (tertiary/aromatic N) is 1. The van der Waals surface area contributed by atoms with Crippen molar-refractivity contribution in [2.75, 3.05) is 18.6 Å². The Balaban J connectivity index is 2.41. The van der Waals surface area contributed by atoms with Crippen molar-refractivity contribution in [3.05, 3.63) is 16.1 Å². The Kier molecular flexibility index (Phi) is 7.11. The first-order chi connectivity index (χ1) is 8.17. The summed E-state index contributed by atoms with van der Waals surface area (Å²) in [5.74, 6) is 1.55. The molecule has 3 nitrogen and oxygen atoms in total. The first-order valence-corrected chi connectivity index (χ1v) is 8.16. The minimum Gasteiger partial charge on any atom is -0.396 e. The lowest BCUT2D eigenvalue weighted by molar-refractivity contribution is 0.270. The molecule has 1 aromatic heterocycles. The number of rotatable bonds is 8. The summed E-state index contributed by atoms with van der Waals surface area (Å²) in [6.07, 6.45) is 4.87. The summed E-state index contributed by atoms with van der Waals surface area (Å²) in [5.41, 5.74) is 0. The van der Waals surface area contributed by atoms with Gasteiger partial charge in [0.2, 0.25) is 0 Å². The largest absolute Gasteiger partial charge is 0.396 e. The number of aliphatic hydroxyl groups is 1. The highest BCUT2D eigenvalue weighted by atomic mass is 32.2. The molecule has 0 saturated heterocycles. The fourth-order valence-electron chi connectivity index (χ4n) is 1.52. The van der Waals surface area contributed by atoms with E-state index in [1.54, 1.807) is 11.3 Å². The van der Waals surface area contributed by atoms with E-state index in [0.29, 0.717) is 12.0 Å². The van der Waals surface area contributed by atoms with Crippen molar-refractivity contribution < 1.29 is 5.11 Å². The van der Waals surface area contributed by atoms with Crippen LogP contribution in [-0.4, -0.2) is 34.7 Å². The Hall–Kier alpha value is -0.100. The molecule has 1 aromatic rings. The van der Waals surface area contributed by atoms with E-state index in [4.69, 9.17) is 5.11 Å². The van der Waals surface area contributed by atoms with Crippen LogP contribution in [0.15, 0.2) is 6.20 Å². The lowest BCUT2D eigenvalue weighted by atomic mass is 10.2. The van der Waals surface area contributed by atoms with Crippen LogP contribution < -0.4 is 5.32 Å². The summed E-state index contributed by atoms with van der Waals surface area (Å²) in [7, 11) is 0. The summed E-state index contributed by atoms with van der Waals surface area (Å²) >= 11 is 3.59. The molecule has 98 valence electrons. The topological polar surface area (TPSA) is 45.1 Å². The quantitative estimate of drug-likeness (QED) is 0.764. The molecule has 17 heavy (non-hydrogen) atoms. The molecule has 1 unspecified atom stereocenters. The van der Waals surface area contributed by atoms with Gasteiger partial charge in [-0.05, 0) is 12.7 Å². The van der Waals surface area contributed by atoms with Crippen LogP contribution in [0, 0.1) is 0 Å². The Morgan fingerprint density at radius 2 is 2.29 bits per heavy atom. The predicted molar refractivity (Wildman–Crippen MR) is 76.9 cm³/mol. The van der Waals surface area contributed by atoms with Gasteiger partial charge in [0, 0.05) is 41.9 Å². The number of hydrogen-bond donors (Lipinski definition) is 2. The van der Waals surface area contributed by atoms with Gasteiger partial charge in [-0.1, -0.05) is 13.8 Å². The number of aliphatic hydroxyl groups excluding tert-OH is 1. The fraction of sp³-hybridized carbons (Fsp3) is 0.750. The van der Waals surface area contributed by atoms with E-state index in [9.17, 15) is 0 Å². The van der Waals surface area contributed by atoms with Gasteiger partial charge in [-0.3, -0.25) is 0 Å². The second-order valence-electron chi connectivity index (χ2n) is 4.36. The SMILES string of the molecule is CSCC(CCO)NCc1cnc(C(C)C)s1. The molecule has 0 aliphatic heterocycles. The number of thiazole rings is 1. The number of aromatic nitrogens is 1. The van der Waals surface area contributed by atoms with Crippen molar-refractivity contribution in [2.24, 2.45) is 0 Å². The van der Waals surface area contributed by atoms with Gasteiger partial charge in [0.05, 0.1) is 5.01 Å². The molecule has 0 fully saturated rings. The minimum absolute atomic E-state index is 0.248. The van der Waals surface area contributed by atoms with E-state index in [1.165, 1.54) is 9.88 Å². The molecule has 0 radical (unpaired) electrons. The van der Waals surface area contributed by atoms with Crippen LogP contribution in [0.4, 0.5) is 0 Å². The average molecular weight is 274 g/mol. The second kappa shape index (κ2) is 8.08. The standard InChI is InChI=1S/C12H22N2OS2/c1-9(2)12-14-7-11(17-12)6-13-10(4-5-15)8-16-3/h7,9-10,13,15H,4-6,8H2,1-3H3. The molecule has 0 bridgehead atoms. The third-order valence-electron chi connectivity index (χ3n) is 2.48. The first-order valence-electron chi connectivity index (χ1n) is 5.95. The monoisotopic (exact) mass is 274 g/mol. The minimum atomic E-state index is 0.248. The average Bonchev–Trinajstić information content (AvgIpc) is 2.75. The van der Waals surface area contributed by atoms with E-state index in [0.717, 1.165) is 18.7 Å². The van der Waals surface area contributed by atoms with E-state index >= 15 is 0 Å². The zero-order valence-corrected chi connectivity index (χ0v) is 12.4. The van der Waals surface area contributed by atoms with E-state index in [1.807, 2.05) is 18.0 Å². The molecule has 0 saturated carbocycles. The first kappa shape index (κ1) is 15.0. The molecule has 0 spiro atoms. The van der Waals surface area contributed by atoms with Gasteiger partial charge < -0.3 is 10.4 Å². The number of hydrogen-bond acceptors (Lipinski definition) is 5.